The summed E-state index contributed by atoms with van der Waals surface area (Å²) in [6, 6.07) is 4.92. The number of rotatable bonds is 7. The van der Waals surface area contributed by atoms with Crippen molar-refractivity contribution in [3.8, 4) is 0 Å². The molecule has 0 bridgehead atoms. The molecule has 2 unspecified atom stereocenters. The molecule has 1 amide bonds. The van der Waals surface area contributed by atoms with Gasteiger partial charge in [0.25, 0.3) is 5.91 Å². The van der Waals surface area contributed by atoms with Gasteiger partial charge in [-0.2, -0.15) is 4.31 Å². The maximum atomic E-state index is 13.3. The largest absolute Gasteiger partial charge is 0.373 e. The lowest BCUT2D eigenvalue weighted by Crippen LogP contribution is -2.48. The lowest BCUT2D eigenvalue weighted by molar-refractivity contribution is -0.0728. The van der Waals surface area contributed by atoms with Crippen LogP contribution in [-0.2, 0) is 14.8 Å². The summed E-state index contributed by atoms with van der Waals surface area (Å²) >= 11 is 0. The molecule has 180 valence electrons. The van der Waals surface area contributed by atoms with Crippen LogP contribution in [0.2, 0.25) is 0 Å². The van der Waals surface area contributed by atoms with E-state index in [2.05, 4.69) is 18.7 Å². The van der Waals surface area contributed by atoms with E-state index in [0.717, 1.165) is 38.0 Å². The van der Waals surface area contributed by atoms with Crippen LogP contribution in [0.5, 0.6) is 0 Å². The Bertz CT molecular complexity index is 883. The number of morpholine rings is 1. The minimum atomic E-state index is -3.59. The number of hydrogen-bond acceptors (Lipinski definition) is 5. The molecule has 0 aliphatic carbocycles. The van der Waals surface area contributed by atoms with E-state index in [4.69, 9.17) is 4.74 Å². The first-order chi connectivity index (χ1) is 15.1. The molecule has 0 saturated carbocycles. The Hall–Kier alpha value is -1.48. The minimum absolute atomic E-state index is 0.0637. The lowest BCUT2D eigenvalue weighted by atomic mass is 9.94. The van der Waals surface area contributed by atoms with Crippen molar-refractivity contribution in [1.82, 2.24) is 14.1 Å². The van der Waals surface area contributed by atoms with Crippen LogP contribution in [0.25, 0.3) is 0 Å². The molecule has 2 fully saturated rings. The number of aryl methyl sites for hydroxylation is 1. The summed E-state index contributed by atoms with van der Waals surface area (Å²) in [5, 5.41) is 0. The average molecular weight is 466 g/mol. The third kappa shape index (κ3) is 5.71. The van der Waals surface area contributed by atoms with Crippen molar-refractivity contribution in [3.05, 3.63) is 29.3 Å². The van der Waals surface area contributed by atoms with E-state index < -0.39 is 10.0 Å². The van der Waals surface area contributed by atoms with E-state index in [1.165, 1.54) is 4.31 Å². The Morgan fingerprint density at radius 2 is 1.69 bits per heavy atom. The molecule has 2 aliphatic rings. The molecule has 32 heavy (non-hydrogen) atoms. The standard InChI is InChI=1S/C24H39N3O4S/c1-6-27(7-2)32(29,30)22-9-8-18(3)23(14-22)24(28)26-12-10-21(11-13-26)17-25-15-19(4)31-20(5)16-25/h8-9,14,19-21H,6-7,10-13,15-17H2,1-5H3. The molecule has 8 heteroatoms. The molecule has 7 nitrogen and oxygen atoms in total. The van der Waals surface area contributed by atoms with Crippen molar-refractivity contribution in [2.24, 2.45) is 5.92 Å². The highest BCUT2D eigenvalue weighted by Gasteiger charge is 2.30. The highest BCUT2D eigenvalue weighted by Crippen LogP contribution is 2.25. The maximum Gasteiger partial charge on any atom is 0.254 e. The highest BCUT2D eigenvalue weighted by atomic mass is 32.2. The third-order valence-electron chi connectivity index (χ3n) is 6.70. The van der Waals surface area contributed by atoms with Gasteiger partial charge in [0.15, 0.2) is 0 Å². The van der Waals surface area contributed by atoms with Gasteiger partial charge in [-0.15, -0.1) is 0 Å². The van der Waals surface area contributed by atoms with Gasteiger partial charge in [-0.05, 0) is 57.2 Å². The SMILES string of the molecule is CCN(CC)S(=O)(=O)c1ccc(C)c(C(=O)N2CCC(CN3CC(C)OC(C)C3)CC2)c1. The Morgan fingerprint density at radius 3 is 2.25 bits per heavy atom. The van der Waals surface area contributed by atoms with Crippen molar-refractivity contribution < 1.29 is 17.9 Å². The Kier molecular flexibility index (Phi) is 8.36. The van der Waals surface area contributed by atoms with E-state index in [9.17, 15) is 13.2 Å². The monoisotopic (exact) mass is 465 g/mol. The number of sulfonamides is 1. The molecule has 2 saturated heterocycles. The Morgan fingerprint density at radius 1 is 1.09 bits per heavy atom. The van der Waals surface area contributed by atoms with E-state index in [-0.39, 0.29) is 23.0 Å². The number of nitrogens with zero attached hydrogens (tertiary/aromatic N) is 3. The van der Waals surface area contributed by atoms with Crippen LogP contribution in [0, 0.1) is 12.8 Å². The van der Waals surface area contributed by atoms with E-state index >= 15 is 0 Å². The van der Waals surface area contributed by atoms with Crippen molar-refractivity contribution in [1.29, 1.82) is 0 Å². The zero-order valence-corrected chi connectivity index (χ0v) is 21.0. The lowest BCUT2D eigenvalue weighted by Gasteiger charge is -2.39. The molecule has 1 aromatic rings. The third-order valence-corrected chi connectivity index (χ3v) is 8.74. The van der Waals surface area contributed by atoms with E-state index in [0.29, 0.717) is 37.7 Å². The van der Waals surface area contributed by atoms with Crippen LogP contribution in [0.3, 0.4) is 0 Å². The smallest absolute Gasteiger partial charge is 0.254 e. The molecule has 1 aromatic carbocycles. The summed E-state index contributed by atoms with van der Waals surface area (Å²) in [6.07, 6.45) is 2.48. The van der Waals surface area contributed by atoms with Crippen LogP contribution < -0.4 is 0 Å². The van der Waals surface area contributed by atoms with E-state index in [1.807, 2.05) is 25.7 Å². The fourth-order valence-electron chi connectivity index (χ4n) is 4.99. The molecule has 0 N–H and O–H groups in total. The van der Waals surface area contributed by atoms with Crippen molar-refractivity contribution in [2.45, 2.75) is 64.6 Å². The number of benzene rings is 1. The van der Waals surface area contributed by atoms with E-state index in [1.54, 1.807) is 18.2 Å². The molecule has 2 heterocycles. The van der Waals surface area contributed by atoms with Gasteiger partial charge in [0.1, 0.15) is 0 Å². The molecule has 0 aromatic heterocycles. The van der Waals surface area contributed by atoms with Crippen molar-refractivity contribution >= 4 is 15.9 Å². The van der Waals surface area contributed by atoms with Crippen LogP contribution in [0.4, 0.5) is 0 Å². The summed E-state index contributed by atoms with van der Waals surface area (Å²) in [5.74, 6) is 0.512. The average Bonchev–Trinajstić information content (AvgIpc) is 2.74. The highest BCUT2D eigenvalue weighted by molar-refractivity contribution is 7.89. The quantitative estimate of drug-likeness (QED) is 0.619. The second-order valence-electron chi connectivity index (χ2n) is 9.28. The fourth-order valence-corrected chi connectivity index (χ4v) is 6.48. The number of amides is 1. The number of carbonyl (C=O) groups excluding carboxylic acids is 1. The number of piperidine rings is 1. The Balaban J connectivity index is 1.65. The van der Waals surface area contributed by atoms with Crippen LogP contribution >= 0.6 is 0 Å². The first kappa shape index (κ1) is 25.1. The number of likely N-dealkylation sites (tertiary alicyclic amines) is 1. The van der Waals surface area contributed by atoms with Gasteiger partial charge < -0.3 is 9.64 Å². The van der Waals surface area contributed by atoms with Crippen LogP contribution in [-0.4, -0.2) is 86.5 Å². The fraction of sp³-hybridized carbons (Fsp3) is 0.708. The topological polar surface area (TPSA) is 70.2 Å². The Labute approximate surface area is 193 Å². The van der Waals surface area contributed by atoms with Gasteiger partial charge in [-0.25, -0.2) is 8.42 Å². The van der Waals surface area contributed by atoms with Gasteiger partial charge in [-0.3, -0.25) is 9.69 Å². The summed E-state index contributed by atoms with van der Waals surface area (Å²) in [7, 11) is -3.59. The second-order valence-corrected chi connectivity index (χ2v) is 11.2. The molecule has 0 radical (unpaired) electrons. The molecule has 2 atom stereocenters. The first-order valence-electron chi connectivity index (χ1n) is 11.9. The number of carbonyl (C=O) groups is 1. The molecule has 0 spiro atoms. The van der Waals surface area contributed by atoms with Crippen molar-refractivity contribution in [3.63, 3.8) is 0 Å². The maximum absolute atomic E-state index is 13.3. The first-order valence-corrected chi connectivity index (χ1v) is 13.4. The predicted octanol–water partition coefficient (Wildman–Crippen LogP) is 2.99. The van der Waals surface area contributed by atoms with Crippen LogP contribution in [0.15, 0.2) is 23.1 Å². The van der Waals surface area contributed by atoms with Gasteiger partial charge >= 0.3 is 0 Å². The second kappa shape index (κ2) is 10.6. The summed E-state index contributed by atoms with van der Waals surface area (Å²) in [6.45, 7) is 15.0. The normalized spacial score (nSPS) is 23.6. The molecular weight excluding hydrogens is 426 g/mol. The molecule has 3 rings (SSSR count). The van der Waals surface area contributed by atoms with Crippen LogP contribution in [0.1, 0.15) is 56.5 Å². The van der Waals surface area contributed by atoms with Gasteiger partial charge in [-0.1, -0.05) is 19.9 Å². The predicted molar refractivity (Wildman–Crippen MR) is 126 cm³/mol. The summed E-state index contributed by atoms with van der Waals surface area (Å²) in [4.78, 5) is 17.9. The van der Waals surface area contributed by atoms with Gasteiger partial charge in [0.05, 0.1) is 17.1 Å². The molecular formula is C24H39N3O4S. The zero-order valence-electron chi connectivity index (χ0n) is 20.2. The number of ether oxygens (including phenoxy) is 1. The zero-order chi connectivity index (χ0) is 23.5. The summed E-state index contributed by atoms with van der Waals surface area (Å²) in [5.41, 5.74) is 1.31. The van der Waals surface area contributed by atoms with Gasteiger partial charge in [0.2, 0.25) is 10.0 Å². The van der Waals surface area contributed by atoms with Crippen molar-refractivity contribution in [2.75, 3.05) is 45.8 Å². The van der Waals surface area contributed by atoms with Gasteiger partial charge in [0, 0.05) is 51.4 Å². The minimum Gasteiger partial charge on any atom is -0.373 e. The number of hydrogen-bond donors (Lipinski definition) is 0. The molecule has 2 aliphatic heterocycles. The summed E-state index contributed by atoms with van der Waals surface area (Å²) < 4.78 is 33.1.